The molecule has 5 heteroatoms. The van der Waals surface area contributed by atoms with E-state index >= 15 is 0 Å². The third-order valence-electron chi connectivity index (χ3n) is 2.47. The fourth-order valence-electron chi connectivity index (χ4n) is 1.20. The number of nitriles is 1. The van der Waals surface area contributed by atoms with Crippen LogP contribution in [0.4, 0.5) is 0 Å². The molecule has 0 unspecified atom stereocenters. The Balaban J connectivity index is 2.63. The van der Waals surface area contributed by atoms with Gasteiger partial charge in [-0.1, -0.05) is 6.92 Å². The van der Waals surface area contributed by atoms with Gasteiger partial charge in [-0.3, -0.25) is 0 Å². The van der Waals surface area contributed by atoms with Gasteiger partial charge in [0.1, 0.15) is 6.04 Å². The van der Waals surface area contributed by atoms with Gasteiger partial charge >= 0.3 is 0 Å². The van der Waals surface area contributed by atoms with E-state index in [4.69, 9.17) is 10.00 Å². The van der Waals surface area contributed by atoms with Crippen LogP contribution in [0.2, 0.25) is 0 Å². The standard InChI is InChI=1S/C10H18N2O2S/c1-9(2,3)15(13)12-8(5-11)10(4)6-14-7-10/h8,12H,6-7H2,1-4H3/t8-,15+/m0/s1. The van der Waals surface area contributed by atoms with Crippen molar-refractivity contribution in [2.45, 2.75) is 38.5 Å². The fourth-order valence-corrected chi connectivity index (χ4v) is 2.10. The van der Waals surface area contributed by atoms with Gasteiger partial charge in [0, 0.05) is 5.41 Å². The molecule has 0 spiro atoms. The second-order valence-corrected chi connectivity index (χ2v) is 7.21. The molecular weight excluding hydrogens is 212 g/mol. The Morgan fingerprint density at radius 3 is 2.33 bits per heavy atom. The summed E-state index contributed by atoms with van der Waals surface area (Å²) in [5.74, 6) is 0. The summed E-state index contributed by atoms with van der Waals surface area (Å²) in [6, 6.07) is 1.75. The predicted molar refractivity (Wildman–Crippen MR) is 59.4 cm³/mol. The first-order valence-electron chi connectivity index (χ1n) is 4.95. The molecule has 1 aliphatic rings. The van der Waals surface area contributed by atoms with Crippen molar-refractivity contribution in [1.82, 2.24) is 4.72 Å². The Hall–Kier alpha value is -0.440. The number of rotatable bonds is 3. The minimum atomic E-state index is -1.21. The van der Waals surface area contributed by atoms with E-state index in [0.717, 1.165) is 0 Å². The largest absolute Gasteiger partial charge is 0.380 e. The lowest BCUT2D eigenvalue weighted by molar-refractivity contribution is -0.108. The third-order valence-corrected chi connectivity index (χ3v) is 4.03. The normalized spacial score (nSPS) is 23.7. The highest BCUT2D eigenvalue weighted by Crippen LogP contribution is 2.31. The first kappa shape index (κ1) is 12.6. The highest BCUT2D eigenvalue weighted by atomic mass is 32.2. The summed E-state index contributed by atoms with van der Waals surface area (Å²) in [6.45, 7) is 8.72. The summed E-state index contributed by atoms with van der Waals surface area (Å²) in [7, 11) is -1.21. The van der Waals surface area contributed by atoms with Crippen LogP contribution in [0.15, 0.2) is 0 Å². The Bertz CT molecular complexity index is 300. The Labute approximate surface area is 93.6 Å². The quantitative estimate of drug-likeness (QED) is 0.785. The lowest BCUT2D eigenvalue weighted by Gasteiger charge is -2.41. The molecule has 1 N–H and O–H groups in total. The molecule has 1 saturated heterocycles. The molecule has 2 atom stereocenters. The zero-order valence-electron chi connectivity index (χ0n) is 9.66. The van der Waals surface area contributed by atoms with Gasteiger partial charge in [0.25, 0.3) is 0 Å². The van der Waals surface area contributed by atoms with Gasteiger partial charge in [0.15, 0.2) is 0 Å². The van der Waals surface area contributed by atoms with Gasteiger partial charge in [-0.25, -0.2) is 8.93 Å². The van der Waals surface area contributed by atoms with Gasteiger partial charge in [0.05, 0.1) is 35.0 Å². The summed E-state index contributed by atoms with van der Waals surface area (Å²) >= 11 is 0. The van der Waals surface area contributed by atoms with Crippen molar-refractivity contribution >= 4 is 11.0 Å². The van der Waals surface area contributed by atoms with E-state index in [2.05, 4.69) is 10.8 Å². The fraction of sp³-hybridized carbons (Fsp3) is 0.900. The third kappa shape index (κ3) is 2.77. The molecular formula is C10H18N2O2S. The van der Waals surface area contributed by atoms with E-state index in [9.17, 15) is 4.21 Å². The Kier molecular flexibility index (Phi) is 3.54. The van der Waals surface area contributed by atoms with Crippen LogP contribution in [0.25, 0.3) is 0 Å². The van der Waals surface area contributed by atoms with Crippen molar-refractivity contribution in [3.63, 3.8) is 0 Å². The van der Waals surface area contributed by atoms with E-state index in [-0.39, 0.29) is 10.2 Å². The minimum Gasteiger partial charge on any atom is -0.380 e. The molecule has 1 heterocycles. The van der Waals surface area contributed by atoms with Gasteiger partial charge in [0.2, 0.25) is 0 Å². The lowest BCUT2D eigenvalue weighted by Crippen LogP contribution is -2.56. The molecule has 0 aromatic rings. The van der Waals surface area contributed by atoms with Crippen LogP contribution in [0.3, 0.4) is 0 Å². The van der Waals surface area contributed by atoms with E-state index in [1.807, 2.05) is 27.7 Å². The van der Waals surface area contributed by atoms with Crippen molar-refractivity contribution in [3.05, 3.63) is 0 Å². The average molecular weight is 230 g/mol. The summed E-state index contributed by atoms with van der Waals surface area (Å²) in [6.07, 6.45) is 0. The molecule has 4 nitrogen and oxygen atoms in total. The van der Waals surface area contributed by atoms with E-state index in [1.165, 1.54) is 0 Å². The van der Waals surface area contributed by atoms with Crippen molar-refractivity contribution in [2.24, 2.45) is 5.41 Å². The van der Waals surface area contributed by atoms with Crippen molar-refractivity contribution in [1.29, 1.82) is 5.26 Å². The van der Waals surface area contributed by atoms with Crippen LogP contribution < -0.4 is 4.72 Å². The smallest absolute Gasteiger partial charge is 0.116 e. The van der Waals surface area contributed by atoms with Crippen LogP contribution in [-0.2, 0) is 15.7 Å². The monoisotopic (exact) mass is 230 g/mol. The molecule has 0 bridgehead atoms. The van der Waals surface area contributed by atoms with Crippen molar-refractivity contribution in [2.75, 3.05) is 13.2 Å². The number of nitrogens with zero attached hydrogens (tertiary/aromatic N) is 1. The highest BCUT2D eigenvalue weighted by molar-refractivity contribution is 7.84. The molecule has 15 heavy (non-hydrogen) atoms. The maximum Gasteiger partial charge on any atom is 0.116 e. The van der Waals surface area contributed by atoms with Crippen LogP contribution >= 0.6 is 0 Å². The maximum absolute atomic E-state index is 11.8. The molecule has 1 rings (SSSR count). The first-order chi connectivity index (χ1) is 6.79. The molecule has 0 aliphatic carbocycles. The van der Waals surface area contributed by atoms with Crippen LogP contribution in [0.1, 0.15) is 27.7 Å². The van der Waals surface area contributed by atoms with Gasteiger partial charge in [-0.2, -0.15) is 5.26 Å². The molecule has 0 aromatic heterocycles. The first-order valence-corrected chi connectivity index (χ1v) is 6.10. The summed E-state index contributed by atoms with van der Waals surface area (Å²) < 4.78 is 19.5. The molecule has 1 fully saturated rings. The summed E-state index contributed by atoms with van der Waals surface area (Å²) in [5.41, 5.74) is -0.199. The SMILES string of the molecule is CC1([C@H](C#N)N[S@](=O)C(C)(C)C)COC1. The Morgan fingerprint density at radius 1 is 1.53 bits per heavy atom. The number of nitrogens with one attached hydrogen (secondary N) is 1. The Morgan fingerprint density at radius 2 is 2.07 bits per heavy atom. The zero-order valence-corrected chi connectivity index (χ0v) is 10.5. The van der Waals surface area contributed by atoms with Gasteiger partial charge in [-0.15, -0.1) is 0 Å². The van der Waals surface area contributed by atoms with Crippen molar-refractivity contribution in [3.8, 4) is 6.07 Å². The maximum atomic E-state index is 11.8. The highest BCUT2D eigenvalue weighted by Gasteiger charge is 2.43. The van der Waals surface area contributed by atoms with E-state index in [1.54, 1.807) is 0 Å². The van der Waals surface area contributed by atoms with Crippen LogP contribution in [0.5, 0.6) is 0 Å². The van der Waals surface area contributed by atoms with E-state index < -0.39 is 17.0 Å². The number of ether oxygens (including phenoxy) is 1. The van der Waals surface area contributed by atoms with Gasteiger partial charge < -0.3 is 4.74 Å². The molecule has 1 aliphatic heterocycles. The van der Waals surface area contributed by atoms with Crippen LogP contribution in [-0.4, -0.2) is 28.2 Å². The molecule has 0 saturated carbocycles. The molecule has 0 radical (unpaired) electrons. The summed E-state index contributed by atoms with van der Waals surface area (Å²) in [4.78, 5) is 0. The topological polar surface area (TPSA) is 62.1 Å². The number of hydrogen-bond acceptors (Lipinski definition) is 3. The number of hydrogen-bond donors (Lipinski definition) is 1. The minimum absolute atomic E-state index is 0.199. The lowest BCUT2D eigenvalue weighted by atomic mass is 9.82. The molecule has 0 aromatic carbocycles. The summed E-state index contributed by atoms with van der Waals surface area (Å²) in [5, 5.41) is 9.04. The zero-order chi connectivity index (χ0) is 11.7. The molecule has 86 valence electrons. The predicted octanol–water partition coefficient (Wildman–Crippen LogP) is 0.967. The van der Waals surface area contributed by atoms with Gasteiger partial charge in [-0.05, 0) is 20.8 Å². The second-order valence-electron chi connectivity index (χ2n) is 5.21. The molecule has 0 amide bonds. The second kappa shape index (κ2) is 4.20. The van der Waals surface area contributed by atoms with Crippen LogP contribution in [0, 0.1) is 16.7 Å². The average Bonchev–Trinajstić information content (AvgIpc) is 2.08. The van der Waals surface area contributed by atoms with E-state index in [0.29, 0.717) is 13.2 Å². The van der Waals surface area contributed by atoms with Crippen molar-refractivity contribution < 1.29 is 8.95 Å².